The van der Waals surface area contributed by atoms with Crippen molar-refractivity contribution in [2.75, 3.05) is 18.0 Å². The molecule has 4 aromatic rings. The van der Waals surface area contributed by atoms with Crippen molar-refractivity contribution in [1.82, 2.24) is 10.2 Å². The summed E-state index contributed by atoms with van der Waals surface area (Å²) in [6.45, 7) is 4.58. The highest BCUT2D eigenvalue weighted by Crippen LogP contribution is 2.26. The van der Waals surface area contributed by atoms with Crippen LogP contribution in [0.1, 0.15) is 31.9 Å². The molecule has 45 heavy (non-hydrogen) atoms. The van der Waals surface area contributed by atoms with Crippen LogP contribution in [0.5, 0.6) is 5.75 Å². The molecule has 1 atom stereocenters. The predicted molar refractivity (Wildman–Crippen MR) is 173 cm³/mol. The zero-order valence-corrected chi connectivity index (χ0v) is 26.6. The number of carbonyl (C=O) groups is 2. The second-order valence-corrected chi connectivity index (χ2v) is 13.4. The molecule has 0 spiro atoms. The molecule has 0 aliphatic carbocycles. The van der Waals surface area contributed by atoms with Gasteiger partial charge in [0.15, 0.2) is 0 Å². The lowest BCUT2D eigenvalue weighted by Gasteiger charge is -2.35. The topological polar surface area (TPSA) is 96.0 Å². The number of halogens is 1. The Morgan fingerprint density at radius 1 is 0.844 bits per heavy atom. The summed E-state index contributed by atoms with van der Waals surface area (Å²) in [4.78, 5) is 29.5. The van der Waals surface area contributed by atoms with Gasteiger partial charge in [0.2, 0.25) is 11.8 Å². The first-order valence-electron chi connectivity index (χ1n) is 14.5. The molecule has 10 heteroatoms. The van der Waals surface area contributed by atoms with Crippen LogP contribution in [0.25, 0.3) is 0 Å². The summed E-state index contributed by atoms with van der Waals surface area (Å²) >= 11 is 0. The summed E-state index contributed by atoms with van der Waals surface area (Å²) in [6, 6.07) is 28.2. The molecule has 0 radical (unpaired) electrons. The van der Waals surface area contributed by atoms with Crippen molar-refractivity contribution in [2.45, 2.75) is 50.2 Å². The van der Waals surface area contributed by atoms with Crippen LogP contribution in [0.4, 0.5) is 10.1 Å². The van der Waals surface area contributed by atoms with E-state index in [9.17, 15) is 18.0 Å². The van der Waals surface area contributed by atoms with Gasteiger partial charge in [-0.1, -0.05) is 66.7 Å². The highest BCUT2D eigenvalue weighted by molar-refractivity contribution is 7.92. The van der Waals surface area contributed by atoms with Gasteiger partial charge >= 0.3 is 0 Å². The smallest absolute Gasteiger partial charge is 0.264 e. The number of hydrogen-bond donors (Lipinski definition) is 1. The van der Waals surface area contributed by atoms with E-state index in [-0.39, 0.29) is 29.1 Å². The molecule has 0 heterocycles. The Kier molecular flexibility index (Phi) is 10.6. The lowest BCUT2D eigenvalue weighted by atomic mass is 10.0. The molecule has 0 fully saturated rings. The standard InChI is InChI=1S/C35H38FN3O5S/c1-35(2,3)37-34(41)32(23-26-13-7-5-8-14-26)38(24-27-15-11-12-18-31(27)36)33(40)25-39(28-16-9-6-10-17-28)45(42,43)30-21-19-29(44-4)20-22-30/h5-22,32H,23-25H2,1-4H3,(H,37,41)/t32-/m0/s1. The van der Waals surface area contributed by atoms with Crippen molar-refractivity contribution in [3.8, 4) is 5.75 Å². The second-order valence-electron chi connectivity index (χ2n) is 11.6. The number of nitrogens with zero attached hydrogens (tertiary/aromatic N) is 2. The molecule has 1 N–H and O–H groups in total. The Balaban J connectivity index is 1.81. The summed E-state index contributed by atoms with van der Waals surface area (Å²) in [5.41, 5.74) is 0.596. The van der Waals surface area contributed by atoms with Crippen LogP contribution in [0.2, 0.25) is 0 Å². The normalized spacial score (nSPS) is 12.2. The van der Waals surface area contributed by atoms with Gasteiger partial charge in [-0.3, -0.25) is 13.9 Å². The Bertz CT molecular complexity index is 1690. The van der Waals surface area contributed by atoms with E-state index in [1.807, 2.05) is 51.1 Å². The van der Waals surface area contributed by atoms with E-state index in [0.717, 1.165) is 9.87 Å². The van der Waals surface area contributed by atoms with Gasteiger partial charge in [0.05, 0.1) is 17.7 Å². The summed E-state index contributed by atoms with van der Waals surface area (Å²) in [5, 5.41) is 2.96. The van der Waals surface area contributed by atoms with Crippen LogP contribution in [-0.2, 0) is 32.6 Å². The van der Waals surface area contributed by atoms with Crippen molar-refractivity contribution in [1.29, 1.82) is 0 Å². The molecular formula is C35H38FN3O5S. The largest absolute Gasteiger partial charge is 0.497 e. The van der Waals surface area contributed by atoms with E-state index in [1.54, 1.807) is 42.5 Å². The van der Waals surface area contributed by atoms with Crippen LogP contribution < -0.4 is 14.4 Å². The minimum Gasteiger partial charge on any atom is -0.497 e. The zero-order chi connectivity index (χ0) is 32.6. The number of ether oxygens (including phenoxy) is 1. The van der Waals surface area contributed by atoms with Crippen LogP contribution in [-0.4, -0.2) is 50.4 Å². The summed E-state index contributed by atoms with van der Waals surface area (Å²) in [6.07, 6.45) is 0.125. The third-order valence-electron chi connectivity index (χ3n) is 7.04. The number of sulfonamides is 1. The minimum atomic E-state index is -4.27. The maximum absolute atomic E-state index is 15.0. The van der Waals surface area contributed by atoms with Crippen molar-refractivity contribution < 1.29 is 27.1 Å². The lowest BCUT2D eigenvalue weighted by molar-refractivity contribution is -0.140. The van der Waals surface area contributed by atoms with Gasteiger partial charge in [-0.25, -0.2) is 12.8 Å². The maximum atomic E-state index is 15.0. The molecule has 4 rings (SSSR count). The number of benzene rings is 4. The Hall–Kier alpha value is -4.70. The fraction of sp³-hybridized carbons (Fsp3) is 0.257. The van der Waals surface area contributed by atoms with Crippen molar-refractivity contribution in [2.24, 2.45) is 0 Å². The quantitative estimate of drug-likeness (QED) is 0.220. The minimum absolute atomic E-state index is 0.0491. The fourth-order valence-corrected chi connectivity index (χ4v) is 6.23. The monoisotopic (exact) mass is 631 g/mol. The molecule has 0 bridgehead atoms. The highest BCUT2D eigenvalue weighted by Gasteiger charge is 2.36. The molecule has 0 aromatic heterocycles. The molecule has 0 aliphatic rings. The average Bonchev–Trinajstić information content (AvgIpc) is 3.02. The number of amides is 2. The number of para-hydroxylation sites is 1. The summed E-state index contributed by atoms with van der Waals surface area (Å²) in [7, 11) is -2.79. The zero-order valence-electron chi connectivity index (χ0n) is 25.8. The van der Waals surface area contributed by atoms with E-state index < -0.39 is 45.8 Å². The number of methoxy groups -OCH3 is 1. The van der Waals surface area contributed by atoms with Crippen LogP contribution in [0.3, 0.4) is 0 Å². The lowest BCUT2D eigenvalue weighted by Crippen LogP contribution is -2.56. The van der Waals surface area contributed by atoms with Crippen molar-refractivity contribution in [3.05, 3.63) is 126 Å². The first kappa shape index (κ1) is 33.2. The summed E-state index contributed by atoms with van der Waals surface area (Å²) < 4.78 is 49.3. The second kappa shape index (κ2) is 14.4. The summed E-state index contributed by atoms with van der Waals surface area (Å²) in [5.74, 6) is -1.19. The van der Waals surface area contributed by atoms with Crippen molar-refractivity contribution >= 4 is 27.5 Å². The first-order chi connectivity index (χ1) is 21.4. The Morgan fingerprint density at radius 3 is 2.00 bits per heavy atom. The van der Waals surface area contributed by atoms with Gasteiger partial charge in [0.1, 0.15) is 24.2 Å². The number of carbonyl (C=O) groups excluding carboxylic acids is 2. The molecule has 0 saturated carbocycles. The number of nitrogens with one attached hydrogen (secondary N) is 1. The molecule has 236 valence electrons. The Morgan fingerprint density at radius 2 is 1.42 bits per heavy atom. The number of hydrogen-bond acceptors (Lipinski definition) is 5. The van der Waals surface area contributed by atoms with Gasteiger partial charge in [-0.15, -0.1) is 0 Å². The molecular weight excluding hydrogens is 593 g/mol. The third-order valence-corrected chi connectivity index (χ3v) is 8.83. The Labute approximate surface area is 264 Å². The van der Waals surface area contributed by atoms with Gasteiger partial charge < -0.3 is 15.0 Å². The SMILES string of the molecule is COc1ccc(S(=O)(=O)N(CC(=O)N(Cc2ccccc2F)[C@@H](Cc2ccccc2)C(=O)NC(C)(C)C)c2ccccc2)cc1. The molecule has 8 nitrogen and oxygen atoms in total. The molecule has 0 aliphatic heterocycles. The average molecular weight is 632 g/mol. The number of rotatable bonds is 12. The van der Waals surface area contributed by atoms with Crippen molar-refractivity contribution in [3.63, 3.8) is 0 Å². The van der Waals surface area contributed by atoms with Crippen LogP contribution in [0.15, 0.2) is 114 Å². The van der Waals surface area contributed by atoms with E-state index in [2.05, 4.69) is 5.32 Å². The van der Waals surface area contributed by atoms with Crippen LogP contribution >= 0.6 is 0 Å². The highest BCUT2D eigenvalue weighted by atomic mass is 32.2. The van der Waals surface area contributed by atoms with Gasteiger partial charge in [-0.05, 0) is 68.8 Å². The number of anilines is 1. The third kappa shape index (κ3) is 8.69. The van der Waals surface area contributed by atoms with E-state index in [4.69, 9.17) is 4.74 Å². The molecule has 2 amide bonds. The molecule has 0 unspecified atom stereocenters. The first-order valence-corrected chi connectivity index (χ1v) is 15.9. The predicted octanol–water partition coefficient (Wildman–Crippen LogP) is 5.58. The molecule has 4 aromatic carbocycles. The van der Waals surface area contributed by atoms with Gasteiger partial charge in [0, 0.05) is 24.1 Å². The fourth-order valence-electron chi connectivity index (χ4n) is 4.81. The van der Waals surface area contributed by atoms with E-state index in [1.165, 1.54) is 48.4 Å². The van der Waals surface area contributed by atoms with E-state index >= 15 is 4.39 Å². The van der Waals surface area contributed by atoms with Crippen LogP contribution in [0, 0.1) is 5.82 Å². The van der Waals surface area contributed by atoms with E-state index in [0.29, 0.717) is 5.75 Å². The van der Waals surface area contributed by atoms with Gasteiger partial charge in [-0.2, -0.15) is 0 Å². The van der Waals surface area contributed by atoms with Gasteiger partial charge in [0.25, 0.3) is 10.0 Å². The molecule has 0 saturated heterocycles. The maximum Gasteiger partial charge on any atom is 0.264 e.